The Labute approximate surface area is 110 Å². The minimum Gasteiger partial charge on any atom is -0.468 e. The third kappa shape index (κ3) is 3.55. The zero-order valence-corrected chi connectivity index (χ0v) is 11.5. The minimum atomic E-state index is -3.73. The van der Waals surface area contributed by atoms with Crippen LogP contribution in [0.2, 0.25) is 0 Å². The molecule has 0 radical (unpaired) electrons. The van der Waals surface area contributed by atoms with Crippen molar-refractivity contribution >= 4 is 21.9 Å². The summed E-state index contributed by atoms with van der Waals surface area (Å²) in [6.45, 7) is -0.328. The molecule has 0 spiro atoms. The van der Waals surface area contributed by atoms with E-state index >= 15 is 0 Å². The summed E-state index contributed by atoms with van der Waals surface area (Å²) in [5, 5.41) is 1.88. The van der Waals surface area contributed by atoms with Crippen LogP contribution in [-0.4, -0.2) is 52.3 Å². The molecule has 0 aliphatic rings. The highest BCUT2D eigenvalue weighted by molar-refractivity contribution is 7.88. The lowest BCUT2D eigenvalue weighted by Gasteiger charge is -2.07. The first-order chi connectivity index (χ1) is 8.78. The lowest BCUT2D eigenvalue weighted by atomic mass is 10.4. The van der Waals surface area contributed by atoms with Crippen LogP contribution in [-0.2, 0) is 19.6 Å². The number of hydrogen-bond donors (Lipinski definition) is 1. The molecule has 1 heterocycles. The van der Waals surface area contributed by atoms with Crippen molar-refractivity contribution in [2.45, 2.75) is 5.09 Å². The molecule has 0 saturated heterocycles. The van der Waals surface area contributed by atoms with Crippen molar-refractivity contribution in [3.63, 3.8) is 0 Å². The monoisotopic (exact) mass is 290 g/mol. The summed E-state index contributed by atoms with van der Waals surface area (Å²) < 4.78 is 33.7. The predicted molar refractivity (Wildman–Crippen MR) is 63.9 cm³/mol. The van der Waals surface area contributed by atoms with Gasteiger partial charge in [-0.15, -0.1) is 0 Å². The lowest BCUT2D eigenvalue weighted by Crippen LogP contribution is -2.29. The number of carbonyl (C=O) groups excluding carboxylic acids is 2. The fraction of sp³-hybridized carbons (Fsp3) is 0.400. The average molecular weight is 290 g/mol. The number of sulfonamides is 1. The maximum absolute atomic E-state index is 11.7. The van der Waals surface area contributed by atoms with E-state index in [1.54, 1.807) is 0 Å². The smallest absolute Gasteiger partial charge is 0.325 e. The zero-order valence-electron chi connectivity index (χ0n) is 10.7. The van der Waals surface area contributed by atoms with Crippen LogP contribution >= 0.6 is 0 Å². The maximum Gasteiger partial charge on any atom is 0.325 e. The Morgan fingerprint density at radius 3 is 2.53 bits per heavy atom. The molecule has 0 aromatic carbocycles. The zero-order chi connectivity index (χ0) is 14.6. The highest BCUT2D eigenvalue weighted by Crippen LogP contribution is 2.16. The number of amides is 1. The normalized spacial score (nSPS) is 11.4. The Morgan fingerprint density at radius 2 is 2.00 bits per heavy atom. The standard InChI is InChI=1S/C10H14N2O6S/c1-12(2)19(15,16)9-5-4-7(18-9)10(14)11-6-8(13)17-3/h4-5H,6H2,1-3H3,(H,11,14). The van der Waals surface area contributed by atoms with Gasteiger partial charge in [-0.2, -0.15) is 0 Å². The third-order valence-corrected chi connectivity index (χ3v) is 3.85. The molecule has 1 N–H and O–H groups in total. The number of rotatable bonds is 5. The van der Waals surface area contributed by atoms with Gasteiger partial charge in [0.2, 0.25) is 5.09 Å². The summed E-state index contributed by atoms with van der Waals surface area (Å²) >= 11 is 0. The summed E-state index contributed by atoms with van der Waals surface area (Å²) in [7, 11) is 0.137. The summed E-state index contributed by atoms with van der Waals surface area (Å²) in [6, 6.07) is 2.38. The van der Waals surface area contributed by atoms with E-state index in [0.29, 0.717) is 0 Å². The van der Waals surface area contributed by atoms with E-state index in [1.807, 2.05) is 0 Å². The summed E-state index contributed by atoms with van der Waals surface area (Å²) in [6.07, 6.45) is 0. The van der Waals surface area contributed by atoms with Gasteiger partial charge < -0.3 is 14.5 Å². The van der Waals surface area contributed by atoms with Crippen molar-refractivity contribution in [1.82, 2.24) is 9.62 Å². The number of methoxy groups -OCH3 is 1. The van der Waals surface area contributed by atoms with Crippen LogP contribution in [0, 0.1) is 0 Å². The molecule has 0 aliphatic carbocycles. The van der Waals surface area contributed by atoms with E-state index in [9.17, 15) is 18.0 Å². The van der Waals surface area contributed by atoms with Gasteiger partial charge in [-0.05, 0) is 12.1 Å². The molecule has 8 nitrogen and oxygen atoms in total. The minimum absolute atomic E-state index is 0.204. The molecule has 1 amide bonds. The molecule has 9 heteroatoms. The first-order valence-electron chi connectivity index (χ1n) is 5.16. The van der Waals surface area contributed by atoms with Crippen LogP contribution in [0.5, 0.6) is 0 Å². The van der Waals surface area contributed by atoms with E-state index in [-0.39, 0.29) is 17.4 Å². The molecule has 1 aromatic heterocycles. The predicted octanol–water partition coefficient (Wildman–Crippen LogP) is -0.567. The molecule has 0 aliphatic heterocycles. The average Bonchev–Trinajstić information content (AvgIpc) is 2.85. The van der Waals surface area contributed by atoms with Gasteiger partial charge in [-0.25, -0.2) is 12.7 Å². The first kappa shape index (κ1) is 15.2. The highest BCUT2D eigenvalue weighted by atomic mass is 32.2. The largest absolute Gasteiger partial charge is 0.468 e. The second-order valence-electron chi connectivity index (χ2n) is 3.66. The molecule has 1 aromatic rings. The molecule has 19 heavy (non-hydrogen) atoms. The van der Waals surface area contributed by atoms with Crippen LogP contribution in [0.4, 0.5) is 0 Å². The Morgan fingerprint density at radius 1 is 1.37 bits per heavy atom. The third-order valence-electron chi connectivity index (χ3n) is 2.16. The van der Waals surface area contributed by atoms with E-state index in [0.717, 1.165) is 4.31 Å². The maximum atomic E-state index is 11.7. The van der Waals surface area contributed by atoms with E-state index in [4.69, 9.17) is 4.42 Å². The van der Waals surface area contributed by atoms with Crippen LogP contribution in [0.15, 0.2) is 21.6 Å². The Bertz CT molecular complexity index is 575. The van der Waals surface area contributed by atoms with Gasteiger partial charge in [0.15, 0.2) is 5.76 Å². The number of esters is 1. The number of furan rings is 1. The van der Waals surface area contributed by atoms with Crippen molar-refractivity contribution in [3.8, 4) is 0 Å². The number of ether oxygens (including phenoxy) is 1. The van der Waals surface area contributed by atoms with Gasteiger partial charge in [0, 0.05) is 14.1 Å². The van der Waals surface area contributed by atoms with Crippen molar-refractivity contribution in [2.75, 3.05) is 27.7 Å². The second-order valence-corrected chi connectivity index (χ2v) is 5.75. The van der Waals surface area contributed by atoms with Gasteiger partial charge in [-0.1, -0.05) is 0 Å². The first-order valence-corrected chi connectivity index (χ1v) is 6.60. The second kappa shape index (κ2) is 5.85. The van der Waals surface area contributed by atoms with E-state index < -0.39 is 21.9 Å². The molecule has 1 rings (SSSR count). The van der Waals surface area contributed by atoms with Crippen molar-refractivity contribution in [1.29, 1.82) is 0 Å². The van der Waals surface area contributed by atoms with Crippen LogP contribution < -0.4 is 5.32 Å². The van der Waals surface area contributed by atoms with Crippen LogP contribution in [0.3, 0.4) is 0 Å². The molecular weight excluding hydrogens is 276 g/mol. The number of nitrogens with zero attached hydrogens (tertiary/aromatic N) is 1. The molecule has 0 saturated carbocycles. The number of nitrogens with one attached hydrogen (secondary N) is 1. The van der Waals surface area contributed by atoms with E-state index in [1.165, 1.54) is 33.3 Å². The summed E-state index contributed by atoms with van der Waals surface area (Å²) in [5.74, 6) is -1.53. The van der Waals surface area contributed by atoms with Gasteiger partial charge in [0.1, 0.15) is 6.54 Å². The van der Waals surface area contributed by atoms with Gasteiger partial charge in [0.25, 0.3) is 15.9 Å². The fourth-order valence-corrected chi connectivity index (χ4v) is 1.87. The topological polar surface area (TPSA) is 106 Å². The molecular formula is C10H14N2O6S. The molecule has 106 valence electrons. The highest BCUT2D eigenvalue weighted by Gasteiger charge is 2.23. The Balaban J connectivity index is 2.80. The Kier molecular flexibility index (Phi) is 4.67. The van der Waals surface area contributed by atoms with E-state index in [2.05, 4.69) is 10.1 Å². The van der Waals surface area contributed by atoms with Crippen LogP contribution in [0.1, 0.15) is 10.6 Å². The van der Waals surface area contributed by atoms with Gasteiger partial charge in [0.05, 0.1) is 7.11 Å². The Hall–Kier alpha value is -1.87. The molecule has 0 bridgehead atoms. The lowest BCUT2D eigenvalue weighted by molar-refractivity contribution is -0.139. The summed E-state index contributed by atoms with van der Waals surface area (Å²) in [5.41, 5.74) is 0. The summed E-state index contributed by atoms with van der Waals surface area (Å²) in [4.78, 5) is 22.4. The van der Waals surface area contributed by atoms with Gasteiger partial charge >= 0.3 is 5.97 Å². The van der Waals surface area contributed by atoms with Crippen molar-refractivity contribution in [2.24, 2.45) is 0 Å². The number of hydrogen-bond acceptors (Lipinski definition) is 6. The SMILES string of the molecule is COC(=O)CNC(=O)c1ccc(S(=O)(=O)N(C)C)o1. The quantitative estimate of drug-likeness (QED) is 0.728. The molecule has 0 atom stereocenters. The van der Waals surface area contributed by atoms with Crippen molar-refractivity contribution in [3.05, 3.63) is 17.9 Å². The molecule has 0 unspecified atom stereocenters. The fourth-order valence-electron chi connectivity index (χ4n) is 1.07. The van der Waals surface area contributed by atoms with Gasteiger partial charge in [-0.3, -0.25) is 9.59 Å². The van der Waals surface area contributed by atoms with Crippen molar-refractivity contribution < 1.29 is 27.2 Å². The van der Waals surface area contributed by atoms with Crippen LogP contribution in [0.25, 0.3) is 0 Å². The number of carbonyl (C=O) groups is 2. The molecule has 0 fully saturated rings.